The number of aryl methyl sites for hydroxylation is 1. The maximum Gasteiger partial charge on any atom is 0.222 e. The molecule has 0 radical (unpaired) electrons. The molecule has 2 saturated heterocycles. The molecule has 0 bridgehead atoms. The molecule has 2 fully saturated rings. The average Bonchev–Trinajstić information content (AvgIpc) is 3.15. The number of ether oxygens (including phenoxy) is 2. The molecule has 1 atom stereocenters. The van der Waals surface area contributed by atoms with Crippen molar-refractivity contribution in [3.63, 3.8) is 0 Å². The van der Waals surface area contributed by atoms with Gasteiger partial charge in [0.05, 0.1) is 12.2 Å². The number of amides is 1. The first-order chi connectivity index (χ1) is 16.5. The fraction of sp³-hybridized carbons (Fsp3) is 0.536. The van der Waals surface area contributed by atoms with Gasteiger partial charge in [-0.1, -0.05) is 29.8 Å². The molecule has 6 heteroatoms. The molecule has 0 aliphatic carbocycles. The molecule has 2 aliphatic heterocycles. The summed E-state index contributed by atoms with van der Waals surface area (Å²) in [6.45, 7) is 7.30. The maximum atomic E-state index is 11.7. The number of hydrogen-bond donors (Lipinski definition) is 1. The Labute approximate surface area is 203 Å². The Morgan fingerprint density at radius 1 is 0.971 bits per heavy atom. The van der Waals surface area contributed by atoms with Crippen molar-refractivity contribution in [1.82, 2.24) is 9.80 Å². The highest BCUT2D eigenvalue weighted by Crippen LogP contribution is 2.25. The van der Waals surface area contributed by atoms with Crippen molar-refractivity contribution in [3.8, 4) is 11.5 Å². The third kappa shape index (κ3) is 7.21. The van der Waals surface area contributed by atoms with Gasteiger partial charge in [-0.2, -0.15) is 0 Å². The first kappa shape index (κ1) is 24.6. The van der Waals surface area contributed by atoms with E-state index in [1.807, 2.05) is 41.3 Å². The van der Waals surface area contributed by atoms with E-state index in [2.05, 4.69) is 24.0 Å². The molecule has 0 unspecified atom stereocenters. The summed E-state index contributed by atoms with van der Waals surface area (Å²) < 4.78 is 11.9. The summed E-state index contributed by atoms with van der Waals surface area (Å²) in [5.74, 6) is 1.96. The number of likely N-dealkylation sites (tertiary alicyclic amines) is 2. The van der Waals surface area contributed by atoms with Gasteiger partial charge in [0.25, 0.3) is 0 Å². The second-order valence-electron chi connectivity index (χ2n) is 9.79. The SMILES string of the molecule is Cc1ccc(OC[C@]2(O)CCCN(Cc3cccc(OCCCN4CCCC4=O)c3)CC2)cc1. The predicted octanol–water partition coefficient (Wildman–Crippen LogP) is 4.18. The van der Waals surface area contributed by atoms with Gasteiger partial charge >= 0.3 is 0 Å². The second kappa shape index (κ2) is 11.7. The fourth-order valence-electron chi connectivity index (χ4n) is 4.77. The summed E-state index contributed by atoms with van der Waals surface area (Å²) in [7, 11) is 0. The Kier molecular flexibility index (Phi) is 8.46. The lowest BCUT2D eigenvalue weighted by Gasteiger charge is -2.27. The molecule has 6 nitrogen and oxygen atoms in total. The molecule has 2 aromatic carbocycles. The molecule has 0 saturated carbocycles. The highest BCUT2D eigenvalue weighted by molar-refractivity contribution is 5.77. The van der Waals surface area contributed by atoms with E-state index in [0.717, 1.165) is 69.9 Å². The largest absolute Gasteiger partial charge is 0.494 e. The lowest BCUT2D eigenvalue weighted by Crippen LogP contribution is -2.37. The lowest BCUT2D eigenvalue weighted by molar-refractivity contribution is -0.127. The van der Waals surface area contributed by atoms with Crippen LogP contribution < -0.4 is 9.47 Å². The van der Waals surface area contributed by atoms with Gasteiger partial charge in [0.2, 0.25) is 5.91 Å². The molecule has 0 aromatic heterocycles. The summed E-state index contributed by atoms with van der Waals surface area (Å²) in [6.07, 6.45) is 4.92. The van der Waals surface area contributed by atoms with Gasteiger partial charge in [-0.15, -0.1) is 0 Å². The van der Waals surface area contributed by atoms with Gasteiger partial charge in [0, 0.05) is 32.6 Å². The van der Waals surface area contributed by atoms with Crippen LogP contribution in [0.5, 0.6) is 11.5 Å². The summed E-state index contributed by atoms with van der Waals surface area (Å²) >= 11 is 0. The number of benzene rings is 2. The van der Waals surface area contributed by atoms with E-state index in [1.54, 1.807) is 0 Å². The third-order valence-electron chi connectivity index (χ3n) is 6.86. The van der Waals surface area contributed by atoms with E-state index in [9.17, 15) is 9.90 Å². The maximum absolute atomic E-state index is 11.7. The first-order valence-corrected chi connectivity index (χ1v) is 12.6. The number of aliphatic hydroxyl groups is 1. The van der Waals surface area contributed by atoms with Crippen molar-refractivity contribution in [2.45, 2.75) is 57.6 Å². The minimum Gasteiger partial charge on any atom is -0.494 e. The van der Waals surface area contributed by atoms with Gasteiger partial charge in [0.1, 0.15) is 18.1 Å². The lowest BCUT2D eigenvalue weighted by atomic mass is 9.96. The number of rotatable bonds is 10. The van der Waals surface area contributed by atoms with Crippen LogP contribution in [0.15, 0.2) is 48.5 Å². The number of carbonyl (C=O) groups excluding carboxylic acids is 1. The second-order valence-corrected chi connectivity index (χ2v) is 9.79. The Hall–Kier alpha value is -2.57. The van der Waals surface area contributed by atoms with Crippen LogP contribution in [0, 0.1) is 6.92 Å². The highest BCUT2D eigenvalue weighted by Gasteiger charge is 2.31. The van der Waals surface area contributed by atoms with E-state index in [4.69, 9.17) is 9.47 Å². The third-order valence-corrected chi connectivity index (χ3v) is 6.86. The van der Waals surface area contributed by atoms with Crippen LogP contribution >= 0.6 is 0 Å². The summed E-state index contributed by atoms with van der Waals surface area (Å²) in [6, 6.07) is 16.3. The molecule has 0 spiro atoms. The van der Waals surface area contributed by atoms with Gasteiger partial charge < -0.3 is 19.5 Å². The highest BCUT2D eigenvalue weighted by atomic mass is 16.5. The van der Waals surface area contributed by atoms with Crippen LogP contribution in [0.3, 0.4) is 0 Å². The van der Waals surface area contributed by atoms with E-state index in [1.165, 1.54) is 11.1 Å². The molecule has 4 rings (SSSR count). The molecule has 2 heterocycles. The van der Waals surface area contributed by atoms with Crippen molar-refractivity contribution in [1.29, 1.82) is 0 Å². The normalized spacial score (nSPS) is 21.5. The molecule has 2 aromatic rings. The Bertz CT molecular complexity index is 932. The van der Waals surface area contributed by atoms with E-state index < -0.39 is 5.60 Å². The van der Waals surface area contributed by atoms with Crippen LogP contribution in [0.4, 0.5) is 0 Å². The zero-order chi connectivity index (χ0) is 23.8. The molecular formula is C28H38N2O4. The van der Waals surface area contributed by atoms with Crippen LogP contribution in [0.2, 0.25) is 0 Å². The van der Waals surface area contributed by atoms with E-state index in [0.29, 0.717) is 26.1 Å². The molecule has 2 aliphatic rings. The van der Waals surface area contributed by atoms with Crippen molar-refractivity contribution >= 4 is 5.91 Å². The molecule has 1 N–H and O–H groups in total. The van der Waals surface area contributed by atoms with Gasteiger partial charge in [-0.05, 0) is 75.4 Å². The minimum absolute atomic E-state index is 0.271. The topological polar surface area (TPSA) is 62.2 Å². The van der Waals surface area contributed by atoms with Crippen molar-refractivity contribution in [2.24, 2.45) is 0 Å². The van der Waals surface area contributed by atoms with E-state index in [-0.39, 0.29) is 5.91 Å². The Balaban J connectivity index is 1.21. The monoisotopic (exact) mass is 466 g/mol. The zero-order valence-electron chi connectivity index (χ0n) is 20.4. The van der Waals surface area contributed by atoms with Crippen LogP contribution in [-0.2, 0) is 11.3 Å². The Morgan fingerprint density at radius 3 is 2.62 bits per heavy atom. The molecular weight excluding hydrogens is 428 g/mol. The van der Waals surface area contributed by atoms with E-state index >= 15 is 0 Å². The van der Waals surface area contributed by atoms with Gasteiger partial charge in [-0.25, -0.2) is 0 Å². The average molecular weight is 467 g/mol. The predicted molar refractivity (Wildman–Crippen MR) is 133 cm³/mol. The van der Waals surface area contributed by atoms with Crippen LogP contribution in [0.1, 0.15) is 49.7 Å². The van der Waals surface area contributed by atoms with Crippen molar-refractivity contribution < 1.29 is 19.4 Å². The standard InChI is InChI=1S/C28H38N2O4/c1-23-9-11-25(12-10-23)34-22-28(32)13-4-15-29(18-14-28)21-24-6-2-7-26(20-24)33-19-5-17-30-16-3-8-27(30)31/h2,6-7,9-12,20,32H,3-5,8,13-19,21-22H2,1H3/t28-/m0/s1. The van der Waals surface area contributed by atoms with Crippen LogP contribution in [0.25, 0.3) is 0 Å². The molecule has 34 heavy (non-hydrogen) atoms. The first-order valence-electron chi connectivity index (χ1n) is 12.6. The smallest absolute Gasteiger partial charge is 0.222 e. The number of carbonyl (C=O) groups is 1. The summed E-state index contributed by atoms with van der Waals surface area (Å²) in [4.78, 5) is 16.0. The fourth-order valence-corrected chi connectivity index (χ4v) is 4.77. The van der Waals surface area contributed by atoms with Crippen LogP contribution in [-0.4, -0.2) is 65.8 Å². The van der Waals surface area contributed by atoms with Crippen molar-refractivity contribution in [3.05, 3.63) is 59.7 Å². The van der Waals surface area contributed by atoms with Crippen molar-refractivity contribution in [2.75, 3.05) is 39.4 Å². The van der Waals surface area contributed by atoms with Gasteiger partial charge in [0.15, 0.2) is 0 Å². The number of nitrogens with zero attached hydrogens (tertiary/aromatic N) is 2. The quantitative estimate of drug-likeness (QED) is 0.532. The van der Waals surface area contributed by atoms with Gasteiger partial charge in [-0.3, -0.25) is 9.69 Å². The summed E-state index contributed by atoms with van der Waals surface area (Å²) in [5.41, 5.74) is 1.62. The Morgan fingerprint density at radius 2 is 1.82 bits per heavy atom. The molecule has 1 amide bonds. The number of hydrogen-bond acceptors (Lipinski definition) is 5. The summed E-state index contributed by atoms with van der Waals surface area (Å²) in [5, 5.41) is 11.1. The minimum atomic E-state index is -0.790. The zero-order valence-corrected chi connectivity index (χ0v) is 20.4. The molecule has 184 valence electrons.